The number of aromatic nitrogens is 4. The van der Waals surface area contributed by atoms with Gasteiger partial charge in [-0.25, -0.2) is 19.3 Å². The Kier molecular flexibility index (Phi) is 5.21. The van der Waals surface area contributed by atoms with Gasteiger partial charge in [0.15, 0.2) is 0 Å². The fraction of sp³-hybridized carbons (Fsp3) is 0.435. The number of hydrogen-bond donors (Lipinski definition) is 1. The molecular weight excluding hydrogens is 379 g/mol. The zero-order valence-electron chi connectivity index (χ0n) is 17.3. The van der Waals surface area contributed by atoms with E-state index in [1.54, 1.807) is 18.3 Å². The molecule has 4 heterocycles. The second-order valence-electron chi connectivity index (χ2n) is 8.10. The van der Waals surface area contributed by atoms with Crippen molar-refractivity contribution in [3.05, 3.63) is 48.2 Å². The predicted molar refractivity (Wildman–Crippen MR) is 116 cm³/mol. The van der Waals surface area contributed by atoms with E-state index < -0.39 is 0 Å². The van der Waals surface area contributed by atoms with Crippen molar-refractivity contribution in [3.63, 3.8) is 0 Å². The quantitative estimate of drug-likeness (QED) is 0.666. The maximum Gasteiger partial charge on any atom is 0.223 e. The third kappa shape index (κ3) is 3.58. The first kappa shape index (κ1) is 19.2. The fourth-order valence-corrected chi connectivity index (χ4v) is 4.70. The minimum Gasteiger partial charge on any atom is -0.354 e. The van der Waals surface area contributed by atoms with Crippen LogP contribution in [-0.4, -0.2) is 50.6 Å². The molecule has 5 rings (SSSR count). The Balaban J connectivity index is 1.62. The molecule has 1 saturated heterocycles. The molecule has 0 aliphatic carbocycles. The van der Waals surface area contributed by atoms with Crippen LogP contribution in [-0.2, 0) is 6.42 Å². The van der Waals surface area contributed by atoms with Gasteiger partial charge >= 0.3 is 0 Å². The summed E-state index contributed by atoms with van der Waals surface area (Å²) in [5.74, 6) is 1.47. The summed E-state index contributed by atoms with van der Waals surface area (Å²) < 4.78 is 15.9. The number of imidazole rings is 1. The monoisotopic (exact) mass is 406 g/mol. The van der Waals surface area contributed by atoms with Crippen molar-refractivity contribution in [2.75, 3.05) is 31.5 Å². The molecule has 1 aromatic carbocycles. The number of nitrogens with one attached hydrogen (secondary N) is 1. The van der Waals surface area contributed by atoms with Gasteiger partial charge in [-0.2, -0.15) is 0 Å². The lowest BCUT2D eigenvalue weighted by molar-refractivity contribution is 0.283. The fourth-order valence-electron chi connectivity index (χ4n) is 4.70. The lowest BCUT2D eigenvalue weighted by Gasteiger charge is -2.23. The summed E-state index contributed by atoms with van der Waals surface area (Å²) in [5.41, 5.74) is 3.65. The van der Waals surface area contributed by atoms with Crippen molar-refractivity contribution in [2.45, 2.75) is 38.6 Å². The Morgan fingerprint density at radius 3 is 2.67 bits per heavy atom. The Hall–Kier alpha value is -2.80. The molecular formula is C23H27FN6. The first-order valence-electron chi connectivity index (χ1n) is 10.9. The van der Waals surface area contributed by atoms with Crippen LogP contribution in [0.5, 0.6) is 0 Å². The van der Waals surface area contributed by atoms with Crippen molar-refractivity contribution in [1.82, 2.24) is 24.4 Å². The van der Waals surface area contributed by atoms with E-state index >= 15 is 0 Å². The first-order valence-corrected chi connectivity index (χ1v) is 10.9. The summed E-state index contributed by atoms with van der Waals surface area (Å²) >= 11 is 0. The van der Waals surface area contributed by atoms with Gasteiger partial charge in [-0.05, 0) is 69.6 Å². The van der Waals surface area contributed by atoms with Gasteiger partial charge in [-0.3, -0.25) is 0 Å². The Bertz CT molecular complexity index is 1020. The summed E-state index contributed by atoms with van der Waals surface area (Å²) in [6.45, 7) is 6.20. The van der Waals surface area contributed by atoms with E-state index in [0.717, 1.165) is 54.4 Å². The predicted octanol–water partition coefficient (Wildman–Crippen LogP) is 4.16. The van der Waals surface area contributed by atoms with Crippen molar-refractivity contribution in [1.29, 1.82) is 0 Å². The minimum absolute atomic E-state index is 0.240. The van der Waals surface area contributed by atoms with Crippen molar-refractivity contribution < 1.29 is 4.39 Å². The van der Waals surface area contributed by atoms with Gasteiger partial charge in [-0.1, -0.05) is 0 Å². The van der Waals surface area contributed by atoms with Crippen LogP contribution < -0.4 is 5.32 Å². The van der Waals surface area contributed by atoms with Crippen LogP contribution in [0.1, 0.15) is 38.1 Å². The third-order valence-corrected chi connectivity index (χ3v) is 6.07. The molecule has 2 aliphatic rings. The number of hydrogen-bond acceptors (Lipinski definition) is 5. The highest BCUT2D eigenvalue weighted by atomic mass is 19.1. The molecule has 1 atom stereocenters. The van der Waals surface area contributed by atoms with E-state index in [1.807, 2.05) is 13.0 Å². The van der Waals surface area contributed by atoms with Crippen molar-refractivity contribution >= 4 is 5.95 Å². The summed E-state index contributed by atoms with van der Waals surface area (Å²) in [7, 11) is 0. The van der Waals surface area contributed by atoms with Gasteiger partial charge in [0.2, 0.25) is 5.95 Å². The molecule has 0 amide bonds. The van der Waals surface area contributed by atoms with Gasteiger partial charge in [-0.15, -0.1) is 0 Å². The molecule has 2 aliphatic heterocycles. The van der Waals surface area contributed by atoms with E-state index in [4.69, 9.17) is 9.97 Å². The molecule has 2 aromatic heterocycles. The number of likely N-dealkylation sites (tertiary alicyclic amines) is 1. The summed E-state index contributed by atoms with van der Waals surface area (Å²) in [6, 6.07) is 8.93. The highest BCUT2D eigenvalue weighted by Crippen LogP contribution is 2.39. The first-order chi connectivity index (χ1) is 14.7. The topological polar surface area (TPSA) is 58.9 Å². The molecule has 30 heavy (non-hydrogen) atoms. The molecule has 3 aromatic rings. The molecule has 7 heteroatoms. The molecule has 0 radical (unpaired) electrons. The lowest BCUT2D eigenvalue weighted by atomic mass is 10.1. The highest BCUT2D eigenvalue weighted by Gasteiger charge is 2.32. The normalized spacial score (nSPS) is 18.7. The number of nitrogens with zero attached hydrogens (tertiary/aromatic N) is 5. The molecule has 1 unspecified atom stereocenters. The standard InChI is InChI=1S/C23H27FN6/c1-2-25-23-26-12-11-19(27-23)22-21(16-5-7-17(24)8-6-16)28-20-10-9-18(30(20)22)15-29-13-3-4-14-29/h5-8,11-12,18H,2-4,9-10,13-15H2,1H3,(H,25,26,27). The van der Waals surface area contributed by atoms with Crippen molar-refractivity contribution in [2.24, 2.45) is 0 Å². The zero-order valence-corrected chi connectivity index (χ0v) is 17.3. The number of benzene rings is 1. The summed E-state index contributed by atoms with van der Waals surface area (Å²) in [5, 5.41) is 3.20. The summed E-state index contributed by atoms with van der Waals surface area (Å²) in [4.78, 5) is 16.7. The third-order valence-electron chi connectivity index (χ3n) is 6.07. The van der Waals surface area contributed by atoms with Crippen LogP contribution in [0.25, 0.3) is 22.6 Å². The van der Waals surface area contributed by atoms with Crippen LogP contribution in [0, 0.1) is 5.82 Å². The van der Waals surface area contributed by atoms with E-state index in [9.17, 15) is 4.39 Å². The van der Waals surface area contributed by atoms with Crippen LogP contribution in [0.3, 0.4) is 0 Å². The number of halogens is 1. The number of anilines is 1. The number of aryl methyl sites for hydroxylation is 1. The van der Waals surface area contributed by atoms with Crippen molar-refractivity contribution in [3.8, 4) is 22.6 Å². The lowest BCUT2D eigenvalue weighted by Crippen LogP contribution is -2.27. The van der Waals surface area contributed by atoms with E-state index in [2.05, 4.69) is 19.8 Å². The summed E-state index contributed by atoms with van der Waals surface area (Å²) in [6.07, 6.45) is 6.42. The molecule has 1 fully saturated rings. The minimum atomic E-state index is -0.240. The zero-order chi connectivity index (χ0) is 20.5. The van der Waals surface area contributed by atoms with Crippen LogP contribution in [0.15, 0.2) is 36.5 Å². The maximum absolute atomic E-state index is 13.6. The largest absolute Gasteiger partial charge is 0.354 e. The Labute approximate surface area is 176 Å². The van der Waals surface area contributed by atoms with E-state index in [0.29, 0.717) is 12.0 Å². The van der Waals surface area contributed by atoms with Crippen LogP contribution >= 0.6 is 0 Å². The maximum atomic E-state index is 13.6. The van der Waals surface area contributed by atoms with Gasteiger partial charge in [0, 0.05) is 37.3 Å². The molecule has 0 spiro atoms. The van der Waals surface area contributed by atoms with Gasteiger partial charge in [0.25, 0.3) is 0 Å². The average molecular weight is 407 g/mol. The molecule has 0 saturated carbocycles. The van der Waals surface area contributed by atoms with E-state index in [-0.39, 0.29) is 5.82 Å². The second-order valence-corrected chi connectivity index (χ2v) is 8.10. The van der Waals surface area contributed by atoms with Gasteiger partial charge < -0.3 is 14.8 Å². The Morgan fingerprint density at radius 1 is 1.10 bits per heavy atom. The van der Waals surface area contributed by atoms with Crippen LogP contribution in [0.4, 0.5) is 10.3 Å². The average Bonchev–Trinajstić information content (AvgIpc) is 3.48. The molecule has 0 bridgehead atoms. The number of rotatable bonds is 6. The molecule has 1 N–H and O–H groups in total. The Morgan fingerprint density at radius 2 is 1.90 bits per heavy atom. The molecule has 6 nitrogen and oxygen atoms in total. The van der Waals surface area contributed by atoms with Gasteiger partial charge in [0.05, 0.1) is 17.1 Å². The highest BCUT2D eigenvalue weighted by molar-refractivity contribution is 5.78. The van der Waals surface area contributed by atoms with E-state index in [1.165, 1.54) is 38.1 Å². The molecule has 156 valence electrons. The second kappa shape index (κ2) is 8.14. The smallest absolute Gasteiger partial charge is 0.223 e. The number of fused-ring (bicyclic) bond motifs is 1. The van der Waals surface area contributed by atoms with Crippen LogP contribution in [0.2, 0.25) is 0 Å². The SMILES string of the molecule is CCNc1nccc(-c2c(-c3ccc(F)cc3)nc3n2C(CN2CCCC2)CC3)n1. The van der Waals surface area contributed by atoms with Gasteiger partial charge in [0.1, 0.15) is 11.6 Å².